The maximum absolute atomic E-state index is 11.3. The van der Waals surface area contributed by atoms with Gasteiger partial charge < -0.3 is 9.47 Å². The SMILES string of the molecule is CN1CCn2c(Cl)nc(=O)c(C=O)c21. The summed E-state index contributed by atoms with van der Waals surface area (Å²) in [5.74, 6) is 0.560. The Morgan fingerprint density at radius 2 is 2.21 bits per heavy atom. The highest BCUT2D eigenvalue weighted by atomic mass is 35.5. The molecule has 0 unspecified atom stereocenters. The molecule has 0 aromatic carbocycles. The van der Waals surface area contributed by atoms with Crippen molar-refractivity contribution in [1.82, 2.24) is 9.55 Å². The zero-order chi connectivity index (χ0) is 10.3. The van der Waals surface area contributed by atoms with Gasteiger partial charge in [-0.3, -0.25) is 9.59 Å². The van der Waals surface area contributed by atoms with E-state index < -0.39 is 5.56 Å². The lowest BCUT2D eigenvalue weighted by Crippen LogP contribution is -2.22. The Balaban J connectivity index is 2.81. The van der Waals surface area contributed by atoms with Crippen molar-refractivity contribution in [3.63, 3.8) is 0 Å². The smallest absolute Gasteiger partial charge is 0.286 e. The number of anilines is 1. The average Bonchev–Trinajstić information content (AvgIpc) is 2.50. The van der Waals surface area contributed by atoms with E-state index in [-0.39, 0.29) is 10.8 Å². The van der Waals surface area contributed by atoms with Crippen LogP contribution >= 0.6 is 11.6 Å². The fourth-order valence-corrected chi connectivity index (χ4v) is 1.84. The minimum atomic E-state index is -0.565. The third-order valence-electron chi connectivity index (χ3n) is 2.28. The lowest BCUT2D eigenvalue weighted by molar-refractivity contribution is 0.112. The van der Waals surface area contributed by atoms with E-state index >= 15 is 0 Å². The lowest BCUT2D eigenvalue weighted by Gasteiger charge is -2.12. The van der Waals surface area contributed by atoms with E-state index in [0.29, 0.717) is 18.6 Å². The Kier molecular flexibility index (Phi) is 2.03. The molecule has 0 saturated carbocycles. The first kappa shape index (κ1) is 9.21. The van der Waals surface area contributed by atoms with Gasteiger partial charge in [0.1, 0.15) is 11.4 Å². The van der Waals surface area contributed by atoms with Crippen LogP contribution in [0.1, 0.15) is 10.4 Å². The quantitative estimate of drug-likeness (QED) is 0.493. The molecule has 0 bridgehead atoms. The lowest BCUT2D eigenvalue weighted by atomic mass is 10.3. The van der Waals surface area contributed by atoms with Gasteiger partial charge >= 0.3 is 0 Å². The molecule has 0 spiro atoms. The second-order valence-electron chi connectivity index (χ2n) is 3.11. The van der Waals surface area contributed by atoms with Crippen LogP contribution in [-0.2, 0) is 6.54 Å². The molecule has 1 aromatic heterocycles. The molecule has 0 amide bonds. The van der Waals surface area contributed by atoms with Crippen LogP contribution in [0.15, 0.2) is 4.79 Å². The molecule has 74 valence electrons. The van der Waals surface area contributed by atoms with Crippen LogP contribution in [0.3, 0.4) is 0 Å². The zero-order valence-corrected chi connectivity index (χ0v) is 8.28. The number of hydrogen-bond acceptors (Lipinski definition) is 4. The van der Waals surface area contributed by atoms with E-state index in [9.17, 15) is 9.59 Å². The second-order valence-corrected chi connectivity index (χ2v) is 3.45. The van der Waals surface area contributed by atoms with Crippen molar-refractivity contribution < 1.29 is 4.79 Å². The molecule has 2 rings (SSSR count). The van der Waals surface area contributed by atoms with Gasteiger partial charge in [-0.1, -0.05) is 0 Å². The van der Waals surface area contributed by atoms with E-state index in [1.165, 1.54) is 0 Å². The highest BCUT2D eigenvalue weighted by Crippen LogP contribution is 2.23. The molecule has 6 heteroatoms. The number of nitrogens with zero attached hydrogens (tertiary/aromatic N) is 3. The van der Waals surface area contributed by atoms with Crippen LogP contribution < -0.4 is 10.5 Å². The van der Waals surface area contributed by atoms with Gasteiger partial charge in [0.2, 0.25) is 5.28 Å². The highest BCUT2D eigenvalue weighted by Gasteiger charge is 2.23. The number of carbonyl (C=O) groups excluding carboxylic acids is 1. The first-order valence-corrected chi connectivity index (χ1v) is 4.49. The van der Waals surface area contributed by atoms with Crippen molar-refractivity contribution in [3.05, 3.63) is 21.2 Å². The molecule has 0 radical (unpaired) electrons. The van der Waals surface area contributed by atoms with Gasteiger partial charge in [-0.05, 0) is 11.6 Å². The zero-order valence-electron chi connectivity index (χ0n) is 7.53. The van der Waals surface area contributed by atoms with Gasteiger partial charge in [0.05, 0.1) is 0 Å². The van der Waals surface area contributed by atoms with Gasteiger partial charge in [-0.2, -0.15) is 4.98 Å². The van der Waals surface area contributed by atoms with Crippen molar-refractivity contribution in [3.8, 4) is 0 Å². The van der Waals surface area contributed by atoms with E-state index in [0.717, 1.165) is 6.54 Å². The first-order chi connectivity index (χ1) is 6.65. The molecule has 0 N–H and O–H groups in total. The van der Waals surface area contributed by atoms with Crippen molar-refractivity contribution >= 4 is 23.7 Å². The van der Waals surface area contributed by atoms with Gasteiger partial charge in [0.15, 0.2) is 6.29 Å². The van der Waals surface area contributed by atoms with Crippen molar-refractivity contribution in [2.75, 3.05) is 18.5 Å². The summed E-state index contributed by atoms with van der Waals surface area (Å²) in [6.45, 7) is 1.38. The molecular formula is C8H8ClN3O2. The monoisotopic (exact) mass is 213 g/mol. The molecule has 0 aliphatic carbocycles. The number of carbonyl (C=O) groups is 1. The number of rotatable bonds is 1. The third-order valence-corrected chi connectivity index (χ3v) is 2.57. The topological polar surface area (TPSA) is 55.2 Å². The standard InChI is InChI=1S/C8H8ClN3O2/c1-11-2-3-12-7(11)5(4-13)6(14)10-8(12)9/h4H,2-3H2,1H3. The number of hydrogen-bond donors (Lipinski definition) is 0. The van der Waals surface area contributed by atoms with E-state index in [1.807, 2.05) is 11.9 Å². The molecule has 1 aliphatic heterocycles. The van der Waals surface area contributed by atoms with E-state index in [4.69, 9.17) is 11.6 Å². The van der Waals surface area contributed by atoms with Gasteiger partial charge in [0.25, 0.3) is 5.56 Å². The Morgan fingerprint density at radius 1 is 1.50 bits per heavy atom. The number of aromatic nitrogens is 2. The molecule has 1 aromatic rings. The summed E-state index contributed by atoms with van der Waals surface area (Å²) in [4.78, 5) is 27.4. The summed E-state index contributed by atoms with van der Waals surface area (Å²) < 4.78 is 1.66. The van der Waals surface area contributed by atoms with Crippen molar-refractivity contribution in [2.45, 2.75) is 6.54 Å². The third kappa shape index (κ3) is 1.13. The minimum Gasteiger partial charge on any atom is -0.358 e. The van der Waals surface area contributed by atoms with E-state index in [1.54, 1.807) is 4.57 Å². The Bertz CT molecular complexity index is 455. The van der Waals surface area contributed by atoms with Gasteiger partial charge in [0, 0.05) is 20.1 Å². The maximum atomic E-state index is 11.3. The molecule has 5 nitrogen and oxygen atoms in total. The van der Waals surface area contributed by atoms with Crippen LogP contribution in [0, 0.1) is 0 Å². The Morgan fingerprint density at radius 3 is 2.86 bits per heavy atom. The van der Waals surface area contributed by atoms with Crippen LogP contribution in [-0.4, -0.2) is 29.4 Å². The summed E-state index contributed by atoms with van der Waals surface area (Å²) in [6.07, 6.45) is 0.527. The summed E-state index contributed by atoms with van der Waals surface area (Å²) >= 11 is 5.78. The van der Waals surface area contributed by atoms with Gasteiger partial charge in [-0.25, -0.2) is 0 Å². The van der Waals surface area contributed by atoms with E-state index in [2.05, 4.69) is 4.98 Å². The summed E-state index contributed by atoms with van der Waals surface area (Å²) in [7, 11) is 1.81. The van der Waals surface area contributed by atoms with Crippen molar-refractivity contribution in [1.29, 1.82) is 0 Å². The normalized spacial score (nSPS) is 14.3. The van der Waals surface area contributed by atoms with Gasteiger partial charge in [-0.15, -0.1) is 0 Å². The number of likely N-dealkylation sites (N-methyl/N-ethyl adjacent to an activating group) is 1. The second kappa shape index (κ2) is 3.09. The van der Waals surface area contributed by atoms with Crippen LogP contribution in [0.2, 0.25) is 5.28 Å². The number of halogens is 1. The molecule has 1 aliphatic rings. The predicted octanol–water partition coefficient (Wildman–Crippen LogP) is 0.159. The summed E-state index contributed by atoms with van der Waals surface area (Å²) in [5, 5.41) is 0.139. The highest BCUT2D eigenvalue weighted by molar-refractivity contribution is 6.28. The maximum Gasteiger partial charge on any atom is 0.286 e. The Labute approximate surface area is 84.9 Å². The van der Waals surface area contributed by atoms with Crippen LogP contribution in [0.4, 0.5) is 5.82 Å². The first-order valence-electron chi connectivity index (χ1n) is 4.12. The molecule has 14 heavy (non-hydrogen) atoms. The molecule has 0 atom stereocenters. The Hall–Kier alpha value is -1.36. The predicted molar refractivity (Wildman–Crippen MR) is 52.2 cm³/mol. The van der Waals surface area contributed by atoms with Crippen LogP contribution in [0.5, 0.6) is 0 Å². The number of fused-ring (bicyclic) bond motifs is 1. The fraction of sp³-hybridized carbons (Fsp3) is 0.375. The summed E-state index contributed by atoms with van der Waals surface area (Å²) in [5.41, 5.74) is -0.487. The molecular weight excluding hydrogens is 206 g/mol. The summed E-state index contributed by atoms with van der Waals surface area (Å²) in [6, 6.07) is 0. The largest absolute Gasteiger partial charge is 0.358 e. The average molecular weight is 214 g/mol. The minimum absolute atomic E-state index is 0.0781. The molecule has 0 fully saturated rings. The van der Waals surface area contributed by atoms with Crippen molar-refractivity contribution in [2.24, 2.45) is 0 Å². The fourth-order valence-electron chi connectivity index (χ4n) is 1.60. The molecule has 0 saturated heterocycles. The van der Waals surface area contributed by atoms with Crippen LogP contribution in [0.25, 0.3) is 0 Å². The number of aldehydes is 1. The molecule has 2 heterocycles.